The highest BCUT2D eigenvalue weighted by atomic mass is 16.5. The van der Waals surface area contributed by atoms with E-state index in [1.165, 1.54) is 0 Å². The lowest BCUT2D eigenvalue weighted by Crippen LogP contribution is -2.40. The number of hydrogen-bond acceptors (Lipinski definition) is 4. The number of rotatable bonds is 5. The fraction of sp³-hybridized carbons (Fsp3) is 0.533. The second-order valence-electron chi connectivity index (χ2n) is 5.68. The Hall–Kier alpha value is -1.75. The van der Waals surface area contributed by atoms with E-state index in [4.69, 9.17) is 15.2 Å². The predicted octanol–water partition coefficient (Wildman–Crippen LogP) is 1.45. The number of amides is 1. The van der Waals surface area contributed by atoms with E-state index in [0.29, 0.717) is 26.3 Å². The molecular weight excluding hydrogens is 256 g/mol. The summed E-state index contributed by atoms with van der Waals surface area (Å²) in [5.41, 5.74) is 5.88. The second-order valence-corrected chi connectivity index (χ2v) is 5.68. The minimum absolute atomic E-state index is 0.302. The van der Waals surface area contributed by atoms with Crippen molar-refractivity contribution in [2.24, 2.45) is 11.1 Å². The molecule has 0 aromatic heterocycles. The van der Waals surface area contributed by atoms with Crippen LogP contribution < -0.4 is 20.5 Å². The van der Waals surface area contributed by atoms with Crippen molar-refractivity contribution in [3.05, 3.63) is 23.8 Å². The molecule has 0 saturated heterocycles. The summed E-state index contributed by atoms with van der Waals surface area (Å²) in [6.07, 6.45) is 0.898. The number of benzene rings is 1. The van der Waals surface area contributed by atoms with Gasteiger partial charge in [0.05, 0.1) is 18.6 Å². The topological polar surface area (TPSA) is 73.6 Å². The molecule has 5 heteroatoms. The summed E-state index contributed by atoms with van der Waals surface area (Å²) in [7, 11) is 0. The van der Waals surface area contributed by atoms with Crippen molar-refractivity contribution in [1.82, 2.24) is 5.32 Å². The average Bonchev–Trinajstić information content (AvgIpc) is 2.63. The molecule has 20 heavy (non-hydrogen) atoms. The van der Waals surface area contributed by atoms with E-state index < -0.39 is 5.41 Å². The maximum atomic E-state index is 11.2. The summed E-state index contributed by atoms with van der Waals surface area (Å²) >= 11 is 0. The second kappa shape index (κ2) is 6.13. The van der Waals surface area contributed by atoms with Gasteiger partial charge in [0.25, 0.3) is 0 Å². The molecule has 2 rings (SSSR count). The van der Waals surface area contributed by atoms with Gasteiger partial charge in [-0.05, 0) is 31.5 Å². The first-order chi connectivity index (χ1) is 9.49. The van der Waals surface area contributed by atoms with Crippen molar-refractivity contribution in [2.75, 3.05) is 19.8 Å². The highest BCUT2D eigenvalue weighted by Crippen LogP contribution is 2.30. The molecule has 0 bridgehead atoms. The van der Waals surface area contributed by atoms with Crippen molar-refractivity contribution in [2.45, 2.75) is 26.8 Å². The van der Waals surface area contributed by atoms with Crippen LogP contribution in [0.3, 0.4) is 0 Å². The van der Waals surface area contributed by atoms with Crippen LogP contribution in [-0.2, 0) is 11.3 Å². The smallest absolute Gasteiger partial charge is 0.224 e. The van der Waals surface area contributed by atoms with E-state index in [-0.39, 0.29) is 5.91 Å². The third-order valence-corrected chi connectivity index (χ3v) is 3.38. The number of hydrogen-bond donors (Lipinski definition) is 2. The zero-order chi connectivity index (χ0) is 14.6. The van der Waals surface area contributed by atoms with Crippen molar-refractivity contribution in [3.63, 3.8) is 0 Å². The van der Waals surface area contributed by atoms with Gasteiger partial charge in [0.15, 0.2) is 11.5 Å². The fourth-order valence-corrected chi connectivity index (χ4v) is 1.92. The first kappa shape index (κ1) is 14.7. The van der Waals surface area contributed by atoms with E-state index in [1.54, 1.807) is 0 Å². The third kappa shape index (κ3) is 3.63. The Morgan fingerprint density at radius 2 is 2.00 bits per heavy atom. The molecule has 0 saturated carbocycles. The van der Waals surface area contributed by atoms with E-state index in [2.05, 4.69) is 5.32 Å². The highest BCUT2D eigenvalue weighted by molar-refractivity contribution is 5.80. The summed E-state index contributed by atoms with van der Waals surface area (Å²) in [6, 6.07) is 5.90. The number of nitrogens with one attached hydrogen (secondary N) is 1. The summed E-state index contributed by atoms with van der Waals surface area (Å²) in [5.74, 6) is 1.28. The lowest BCUT2D eigenvalue weighted by atomic mass is 9.93. The number of ether oxygens (including phenoxy) is 2. The lowest BCUT2D eigenvalue weighted by Gasteiger charge is -2.21. The van der Waals surface area contributed by atoms with Gasteiger partial charge in [-0.3, -0.25) is 4.79 Å². The summed E-state index contributed by atoms with van der Waals surface area (Å²) in [5, 5.41) is 3.25. The van der Waals surface area contributed by atoms with Crippen molar-refractivity contribution in [3.8, 4) is 11.5 Å². The number of carbonyl (C=O) groups excluding carboxylic acids is 1. The molecule has 0 aliphatic carbocycles. The molecule has 5 nitrogen and oxygen atoms in total. The Morgan fingerprint density at radius 1 is 1.30 bits per heavy atom. The summed E-state index contributed by atoms with van der Waals surface area (Å²) < 4.78 is 11.2. The molecule has 1 aromatic carbocycles. The van der Waals surface area contributed by atoms with Gasteiger partial charge in [0.1, 0.15) is 0 Å². The number of carbonyl (C=O) groups is 1. The molecular formula is C15H22N2O3. The van der Waals surface area contributed by atoms with Gasteiger partial charge in [0.2, 0.25) is 5.91 Å². The van der Waals surface area contributed by atoms with Crippen LogP contribution in [0.2, 0.25) is 0 Å². The van der Waals surface area contributed by atoms with E-state index in [9.17, 15) is 4.79 Å². The summed E-state index contributed by atoms with van der Waals surface area (Å²) in [6.45, 7) is 6.23. The largest absolute Gasteiger partial charge is 0.490 e. The van der Waals surface area contributed by atoms with Gasteiger partial charge in [-0.25, -0.2) is 0 Å². The first-order valence-corrected chi connectivity index (χ1v) is 6.88. The van der Waals surface area contributed by atoms with Crippen LogP contribution in [0.1, 0.15) is 25.8 Å². The van der Waals surface area contributed by atoms with Gasteiger partial charge in [-0.15, -0.1) is 0 Å². The van der Waals surface area contributed by atoms with Crippen LogP contribution >= 0.6 is 0 Å². The standard InChI is InChI=1S/C15H22N2O3/c1-15(2,14(16)18)10-17-9-11-4-5-12-13(8-11)20-7-3-6-19-12/h4-5,8,17H,3,6-7,9-10H2,1-2H3,(H2,16,18). The monoisotopic (exact) mass is 278 g/mol. The zero-order valence-electron chi connectivity index (χ0n) is 12.1. The number of primary amides is 1. The summed E-state index contributed by atoms with van der Waals surface area (Å²) in [4.78, 5) is 11.2. The van der Waals surface area contributed by atoms with Gasteiger partial charge < -0.3 is 20.5 Å². The highest BCUT2D eigenvalue weighted by Gasteiger charge is 2.24. The van der Waals surface area contributed by atoms with Crippen LogP contribution in [0.4, 0.5) is 0 Å². The third-order valence-electron chi connectivity index (χ3n) is 3.38. The molecule has 0 radical (unpaired) electrons. The molecule has 0 unspecified atom stereocenters. The van der Waals surface area contributed by atoms with E-state index in [1.807, 2.05) is 32.0 Å². The Balaban J connectivity index is 1.94. The van der Waals surface area contributed by atoms with Crippen LogP contribution in [0.15, 0.2) is 18.2 Å². The number of nitrogens with two attached hydrogens (primary N) is 1. The molecule has 1 amide bonds. The average molecular weight is 278 g/mol. The fourth-order valence-electron chi connectivity index (χ4n) is 1.92. The Labute approximate surface area is 119 Å². The minimum atomic E-state index is -0.550. The van der Waals surface area contributed by atoms with Crippen LogP contribution in [-0.4, -0.2) is 25.7 Å². The van der Waals surface area contributed by atoms with Crippen LogP contribution in [0, 0.1) is 5.41 Å². The molecule has 1 heterocycles. The van der Waals surface area contributed by atoms with Crippen molar-refractivity contribution in [1.29, 1.82) is 0 Å². The first-order valence-electron chi connectivity index (χ1n) is 6.88. The maximum absolute atomic E-state index is 11.2. The van der Waals surface area contributed by atoms with Crippen molar-refractivity contribution < 1.29 is 14.3 Å². The van der Waals surface area contributed by atoms with Gasteiger partial charge >= 0.3 is 0 Å². The molecule has 0 spiro atoms. The molecule has 3 N–H and O–H groups in total. The van der Waals surface area contributed by atoms with E-state index >= 15 is 0 Å². The molecule has 1 aliphatic rings. The van der Waals surface area contributed by atoms with Crippen LogP contribution in [0.5, 0.6) is 11.5 Å². The molecule has 110 valence electrons. The maximum Gasteiger partial charge on any atom is 0.224 e. The Morgan fingerprint density at radius 3 is 2.70 bits per heavy atom. The predicted molar refractivity (Wildman–Crippen MR) is 76.7 cm³/mol. The van der Waals surface area contributed by atoms with Gasteiger partial charge in [0, 0.05) is 19.5 Å². The SMILES string of the molecule is CC(C)(CNCc1ccc2c(c1)OCCCO2)C(N)=O. The lowest BCUT2D eigenvalue weighted by molar-refractivity contribution is -0.125. The Bertz CT molecular complexity index is 486. The molecule has 0 atom stereocenters. The zero-order valence-corrected chi connectivity index (χ0v) is 12.1. The molecule has 0 fully saturated rings. The normalized spacial score (nSPS) is 14.7. The minimum Gasteiger partial charge on any atom is -0.490 e. The van der Waals surface area contributed by atoms with E-state index in [0.717, 1.165) is 23.5 Å². The quantitative estimate of drug-likeness (QED) is 0.855. The Kier molecular flexibility index (Phi) is 4.49. The molecule has 1 aliphatic heterocycles. The van der Waals surface area contributed by atoms with Crippen molar-refractivity contribution >= 4 is 5.91 Å². The van der Waals surface area contributed by atoms with Gasteiger partial charge in [-0.2, -0.15) is 0 Å². The van der Waals surface area contributed by atoms with Gasteiger partial charge in [-0.1, -0.05) is 6.07 Å². The van der Waals surface area contributed by atoms with Crippen LogP contribution in [0.25, 0.3) is 0 Å². The number of fused-ring (bicyclic) bond motifs is 1. The molecule has 1 aromatic rings.